The third kappa shape index (κ3) is 4.92. The fraction of sp³-hybridized carbons (Fsp3) is 0.562. The summed E-state index contributed by atoms with van der Waals surface area (Å²) in [6, 6.07) is 3.49. The van der Waals surface area contributed by atoms with Crippen LogP contribution in [0.15, 0.2) is 24.5 Å². The lowest BCUT2D eigenvalue weighted by molar-refractivity contribution is -0.192. The van der Waals surface area contributed by atoms with Crippen LogP contribution in [0.25, 0.3) is 0 Å². The molecule has 144 valence electrons. The highest BCUT2D eigenvalue weighted by Gasteiger charge is 2.49. The van der Waals surface area contributed by atoms with Crippen molar-refractivity contribution < 1.29 is 37.3 Å². The Morgan fingerprint density at radius 2 is 1.92 bits per heavy atom. The molecule has 0 aliphatic carbocycles. The van der Waals surface area contributed by atoms with E-state index >= 15 is 0 Å². The van der Waals surface area contributed by atoms with Crippen LogP contribution in [0.5, 0.6) is 0 Å². The number of hydrogen-bond donors (Lipinski definition) is 1. The highest BCUT2D eigenvalue weighted by Crippen LogP contribution is 2.35. The first-order valence-electron chi connectivity index (χ1n) is 7.83. The van der Waals surface area contributed by atoms with Crippen LogP contribution < -0.4 is 0 Å². The summed E-state index contributed by atoms with van der Waals surface area (Å²) in [7, 11) is 1.74. The summed E-state index contributed by atoms with van der Waals surface area (Å²) in [4.78, 5) is 26.9. The molecule has 7 nitrogen and oxygen atoms in total. The number of nitrogens with zero attached hydrogens (tertiary/aromatic N) is 2. The molecule has 2 aliphatic rings. The Morgan fingerprint density at radius 3 is 2.42 bits per heavy atom. The van der Waals surface area contributed by atoms with Gasteiger partial charge in [-0.05, 0) is 18.6 Å². The molecule has 0 saturated carbocycles. The Bertz CT molecular complexity index is 633. The van der Waals surface area contributed by atoms with E-state index in [1.54, 1.807) is 31.6 Å². The molecule has 2 saturated heterocycles. The molecule has 1 spiro atoms. The Kier molecular flexibility index (Phi) is 6.19. The van der Waals surface area contributed by atoms with E-state index in [0.29, 0.717) is 18.7 Å². The molecule has 1 N–H and O–H groups in total. The fourth-order valence-electron chi connectivity index (χ4n) is 2.87. The average molecular weight is 376 g/mol. The molecule has 1 atom stereocenters. The number of carboxylic acid groups (broad SMARTS) is 1. The van der Waals surface area contributed by atoms with Crippen molar-refractivity contribution in [1.29, 1.82) is 0 Å². The zero-order valence-corrected chi connectivity index (χ0v) is 14.0. The molecule has 1 unspecified atom stereocenters. The van der Waals surface area contributed by atoms with Gasteiger partial charge in [0, 0.05) is 38.1 Å². The van der Waals surface area contributed by atoms with E-state index < -0.39 is 12.1 Å². The number of amides is 1. The number of ether oxygens (including phenoxy) is 2. The third-order valence-corrected chi connectivity index (χ3v) is 4.20. The predicted molar refractivity (Wildman–Crippen MR) is 82.5 cm³/mol. The fourth-order valence-corrected chi connectivity index (χ4v) is 2.87. The second-order valence-electron chi connectivity index (χ2n) is 6.08. The number of carbonyl (C=O) groups is 2. The number of carbonyl (C=O) groups excluding carboxylic acids is 1. The lowest BCUT2D eigenvalue weighted by atomic mass is 9.84. The molecule has 0 bridgehead atoms. The summed E-state index contributed by atoms with van der Waals surface area (Å²) in [5.74, 6) is -2.70. The molecule has 1 amide bonds. The van der Waals surface area contributed by atoms with Crippen molar-refractivity contribution in [2.45, 2.75) is 30.7 Å². The van der Waals surface area contributed by atoms with Crippen LogP contribution in [0.4, 0.5) is 13.2 Å². The van der Waals surface area contributed by atoms with Crippen molar-refractivity contribution in [1.82, 2.24) is 9.88 Å². The van der Waals surface area contributed by atoms with E-state index in [4.69, 9.17) is 19.4 Å². The molecule has 2 fully saturated rings. The molecule has 0 radical (unpaired) electrons. The van der Waals surface area contributed by atoms with Crippen LogP contribution in [0.3, 0.4) is 0 Å². The third-order valence-electron chi connectivity index (χ3n) is 4.20. The van der Waals surface area contributed by atoms with E-state index in [1.807, 2.05) is 4.90 Å². The van der Waals surface area contributed by atoms with Crippen LogP contribution in [0, 0.1) is 0 Å². The Labute approximate surface area is 147 Å². The predicted octanol–water partition coefficient (Wildman–Crippen LogP) is 1.73. The van der Waals surface area contributed by atoms with Crippen LogP contribution in [-0.4, -0.2) is 71.6 Å². The second kappa shape index (κ2) is 8.00. The minimum atomic E-state index is -5.08. The normalized spacial score (nSPS) is 21.4. The molecular weight excluding hydrogens is 357 g/mol. The number of pyridine rings is 1. The summed E-state index contributed by atoms with van der Waals surface area (Å²) < 4.78 is 43.0. The molecule has 0 aromatic carbocycles. The SMILES string of the molecule is COC1CCOC2(C1)CN(C(=O)c1ccncc1)C2.O=C(O)C(F)(F)F. The Morgan fingerprint density at radius 1 is 1.35 bits per heavy atom. The van der Waals surface area contributed by atoms with Gasteiger partial charge in [-0.25, -0.2) is 4.79 Å². The number of aliphatic carboxylic acids is 1. The van der Waals surface area contributed by atoms with Gasteiger partial charge >= 0.3 is 12.1 Å². The monoisotopic (exact) mass is 376 g/mol. The molecule has 1 aromatic rings. The number of aromatic nitrogens is 1. The Balaban J connectivity index is 0.000000298. The van der Waals surface area contributed by atoms with Gasteiger partial charge in [-0.2, -0.15) is 13.2 Å². The van der Waals surface area contributed by atoms with Crippen molar-refractivity contribution >= 4 is 11.9 Å². The van der Waals surface area contributed by atoms with Gasteiger partial charge in [-0.1, -0.05) is 0 Å². The standard InChI is InChI=1S/C14H18N2O3.C2HF3O2/c1-18-12-4-7-19-14(8-12)9-16(10-14)13(17)11-2-5-15-6-3-11;3-2(4,5)1(6)7/h2-3,5-6,12H,4,7-10H2,1H3;(H,6,7). The van der Waals surface area contributed by atoms with Crippen molar-refractivity contribution in [3.63, 3.8) is 0 Å². The summed E-state index contributed by atoms with van der Waals surface area (Å²) >= 11 is 0. The van der Waals surface area contributed by atoms with Crippen LogP contribution in [0.1, 0.15) is 23.2 Å². The molecule has 3 rings (SSSR count). The van der Waals surface area contributed by atoms with Crippen molar-refractivity contribution in [3.05, 3.63) is 30.1 Å². The molecule has 1 aromatic heterocycles. The lowest BCUT2D eigenvalue weighted by Crippen LogP contribution is -2.67. The molecule has 26 heavy (non-hydrogen) atoms. The van der Waals surface area contributed by atoms with Gasteiger partial charge in [0.25, 0.3) is 5.91 Å². The van der Waals surface area contributed by atoms with Crippen LogP contribution in [-0.2, 0) is 14.3 Å². The quantitative estimate of drug-likeness (QED) is 0.846. The maximum Gasteiger partial charge on any atom is 0.490 e. The average Bonchev–Trinajstić information content (AvgIpc) is 2.59. The first-order chi connectivity index (χ1) is 12.2. The van der Waals surface area contributed by atoms with Crippen molar-refractivity contribution in [2.24, 2.45) is 0 Å². The van der Waals surface area contributed by atoms with Gasteiger partial charge in [0.2, 0.25) is 0 Å². The summed E-state index contributed by atoms with van der Waals surface area (Å²) in [5.41, 5.74) is 0.505. The van der Waals surface area contributed by atoms with Gasteiger partial charge in [-0.3, -0.25) is 9.78 Å². The van der Waals surface area contributed by atoms with E-state index in [9.17, 15) is 18.0 Å². The molecular formula is C16H19F3N2O5. The molecule has 2 aliphatic heterocycles. The number of likely N-dealkylation sites (tertiary alicyclic amines) is 1. The number of methoxy groups -OCH3 is 1. The largest absolute Gasteiger partial charge is 0.490 e. The van der Waals surface area contributed by atoms with Gasteiger partial charge < -0.3 is 19.5 Å². The maximum atomic E-state index is 12.2. The minimum Gasteiger partial charge on any atom is -0.475 e. The van der Waals surface area contributed by atoms with E-state index in [1.165, 1.54) is 0 Å². The maximum absolute atomic E-state index is 12.2. The first kappa shape index (κ1) is 20.1. The number of carboxylic acids is 1. The topological polar surface area (TPSA) is 89.0 Å². The van der Waals surface area contributed by atoms with Crippen LogP contribution >= 0.6 is 0 Å². The molecule has 10 heteroatoms. The summed E-state index contributed by atoms with van der Waals surface area (Å²) in [6.45, 7) is 2.04. The minimum absolute atomic E-state index is 0.0520. The van der Waals surface area contributed by atoms with Gasteiger partial charge in [0.1, 0.15) is 5.60 Å². The van der Waals surface area contributed by atoms with E-state index in [-0.39, 0.29) is 17.6 Å². The first-order valence-corrected chi connectivity index (χ1v) is 7.83. The van der Waals surface area contributed by atoms with Gasteiger partial charge in [0.05, 0.1) is 19.2 Å². The van der Waals surface area contributed by atoms with Crippen molar-refractivity contribution in [2.75, 3.05) is 26.8 Å². The molecule has 3 heterocycles. The summed E-state index contributed by atoms with van der Waals surface area (Å²) in [6.07, 6.45) is 0.272. The van der Waals surface area contributed by atoms with E-state index in [0.717, 1.165) is 19.4 Å². The summed E-state index contributed by atoms with van der Waals surface area (Å²) in [5, 5.41) is 7.12. The second-order valence-corrected chi connectivity index (χ2v) is 6.08. The Hall–Kier alpha value is -2.20. The smallest absolute Gasteiger partial charge is 0.475 e. The lowest BCUT2D eigenvalue weighted by Gasteiger charge is -2.52. The van der Waals surface area contributed by atoms with Gasteiger partial charge in [-0.15, -0.1) is 0 Å². The number of halogens is 3. The van der Waals surface area contributed by atoms with E-state index in [2.05, 4.69) is 4.98 Å². The number of hydrogen-bond acceptors (Lipinski definition) is 5. The number of alkyl halides is 3. The zero-order chi connectivity index (χ0) is 19.4. The van der Waals surface area contributed by atoms with Crippen LogP contribution in [0.2, 0.25) is 0 Å². The van der Waals surface area contributed by atoms with Crippen molar-refractivity contribution in [3.8, 4) is 0 Å². The zero-order valence-electron chi connectivity index (χ0n) is 14.0. The highest BCUT2D eigenvalue weighted by atomic mass is 19.4. The number of rotatable bonds is 2. The van der Waals surface area contributed by atoms with Gasteiger partial charge in [0.15, 0.2) is 0 Å². The highest BCUT2D eigenvalue weighted by molar-refractivity contribution is 5.94.